The Kier molecular flexibility index (Phi) is 3.31. The Morgan fingerprint density at radius 1 is 1.20 bits per heavy atom. The fourth-order valence-corrected chi connectivity index (χ4v) is 2.69. The number of rotatable bonds is 3. The van der Waals surface area contributed by atoms with Gasteiger partial charge in [-0.3, -0.25) is 4.90 Å². The summed E-state index contributed by atoms with van der Waals surface area (Å²) >= 11 is 0. The summed E-state index contributed by atoms with van der Waals surface area (Å²) in [5.74, 6) is 0.845. The van der Waals surface area contributed by atoms with Crippen molar-refractivity contribution in [1.29, 1.82) is 5.26 Å². The van der Waals surface area contributed by atoms with Gasteiger partial charge in [0, 0.05) is 0 Å². The second kappa shape index (κ2) is 4.53. The zero-order valence-electron chi connectivity index (χ0n) is 9.84. The van der Waals surface area contributed by atoms with Crippen LogP contribution in [0, 0.1) is 17.2 Å². The Hall–Kier alpha value is -0.550. The number of likely N-dealkylation sites (tertiary alicyclic amines) is 1. The summed E-state index contributed by atoms with van der Waals surface area (Å²) in [7, 11) is 0. The van der Waals surface area contributed by atoms with E-state index in [-0.39, 0.29) is 5.54 Å². The van der Waals surface area contributed by atoms with Gasteiger partial charge >= 0.3 is 0 Å². The minimum absolute atomic E-state index is 0.175. The first-order chi connectivity index (χ1) is 7.24. The smallest absolute Gasteiger partial charge is 0.106 e. The van der Waals surface area contributed by atoms with Crippen LogP contribution in [0.1, 0.15) is 51.9 Å². The predicted octanol–water partition coefficient (Wildman–Crippen LogP) is 2.94. The van der Waals surface area contributed by atoms with Crippen LogP contribution in [0.5, 0.6) is 0 Å². The van der Waals surface area contributed by atoms with Crippen LogP contribution in [0.3, 0.4) is 0 Å². The molecule has 2 aliphatic rings. The molecule has 0 amide bonds. The lowest BCUT2D eigenvalue weighted by atomic mass is 9.94. The van der Waals surface area contributed by atoms with Crippen molar-refractivity contribution in [2.45, 2.75) is 57.4 Å². The average molecular weight is 206 g/mol. The maximum absolute atomic E-state index is 9.41. The van der Waals surface area contributed by atoms with E-state index in [0.717, 1.165) is 25.4 Å². The summed E-state index contributed by atoms with van der Waals surface area (Å²) in [6.07, 6.45) is 9.06. The lowest BCUT2D eigenvalue weighted by molar-refractivity contribution is 0.142. The molecule has 15 heavy (non-hydrogen) atoms. The van der Waals surface area contributed by atoms with E-state index in [1.165, 1.54) is 38.5 Å². The van der Waals surface area contributed by atoms with Gasteiger partial charge in [0.15, 0.2) is 0 Å². The molecule has 2 nitrogen and oxygen atoms in total. The van der Waals surface area contributed by atoms with E-state index in [1.807, 2.05) is 0 Å². The molecule has 1 atom stereocenters. The maximum Gasteiger partial charge on any atom is 0.106 e. The van der Waals surface area contributed by atoms with Crippen LogP contribution in [0.25, 0.3) is 0 Å². The van der Waals surface area contributed by atoms with Crippen LogP contribution in [0.2, 0.25) is 0 Å². The van der Waals surface area contributed by atoms with Gasteiger partial charge in [-0.2, -0.15) is 5.26 Å². The summed E-state index contributed by atoms with van der Waals surface area (Å²) in [5, 5.41) is 9.41. The Morgan fingerprint density at radius 3 is 2.27 bits per heavy atom. The number of hydrogen-bond donors (Lipinski definition) is 0. The van der Waals surface area contributed by atoms with Crippen molar-refractivity contribution in [1.82, 2.24) is 4.90 Å². The summed E-state index contributed by atoms with van der Waals surface area (Å²) in [6, 6.07) is 2.57. The van der Waals surface area contributed by atoms with Crippen LogP contribution in [-0.2, 0) is 0 Å². The van der Waals surface area contributed by atoms with Gasteiger partial charge in [0.2, 0.25) is 0 Å². The van der Waals surface area contributed by atoms with Crippen molar-refractivity contribution in [3.63, 3.8) is 0 Å². The molecule has 1 aliphatic carbocycles. The molecule has 2 heteroatoms. The molecule has 2 fully saturated rings. The van der Waals surface area contributed by atoms with Crippen LogP contribution in [-0.4, -0.2) is 23.5 Å². The minimum atomic E-state index is -0.175. The van der Waals surface area contributed by atoms with Gasteiger partial charge in [0.25, 0.3) is 0 Å². The molecule has 84 valence electrons. The highest BCUT2D eigenvalue weighted by atomic mass is 15.2. The van der Waals surface area contributed by atoms with Crippen molar-refractivity contribution in [3.8, 4) is 6.07 Å². The van der Waals surface area contributed by atoms with Gasteiger partial charge in [-0.25, -0.2) is 0 Å². The van der Waals surface area contributed by atoms with Crippen LogP contribution in [0.15, 0.2) is 0 Å². The Bertz CT molecular complexity index is 244. The fourth-order valence-electron chi connectivity index (χ4n) is 2.69. The highest BCUT2D eigenvalue weighted by molar-refractivity contribution is 5.07. The van der Waals surface area contributed by atoms with E-state index in [4.69, 9.17) is 0 Å². The van der Waals surface area contributed by atoms with Gasteiger partial charge in [-0.05, 0) is 45.2 Å². The van der Waals surface area contributed by atoms with E-state index in [1.54, 1.807) is 0 Å². The van der Waals surface area contributed by atoms with Gasteiger partial charge in [-0.15, -0.1) is 0 Å². The monoisotopic (exact) mass is 206 g/mol. The summed E-state index contributed by atoms with van der Waals surface area (Å²) < 4.78 is 0. The minimum Gasteiger partial charge on any atom is -0.286 e. The maximum atomic E-state index is 9.41. The van der Waals surface area contributed by atoms with Gasteiger partial charge in [0.1, 0.15) is 5.54 Å². The summed E-state index contributed by atoms with van der Waals surface area (Å²) in [6.45, 7) is 4.42. The number of nitrogens with zero attached hydrogens (tertiary/aromatic N) is 2. The first-order valence-corrected chi connectivity index (χ1v) is 6.41. The highest BCUT2D eigenvalue weighted by Gasteiger charge is 2.37. The highest BCUT2D eigenvalue weighted by Crippen LogP contribution is 2.39. The molecular weight excluding hydrogens is 184 g/mol. The molecule has 1 unspecified atom stereocenters. The topological polar surface area (TPSA) is 27.0 Å². The van der Waals surface area contributed by atoms with Crippen LogP contribution in [0.4, 0.5) is 0 Å². The first kappa shape index (κ1) is 11.0. The molecule has 0 spiro atoms. The van der Waals surface area contributed by atoms with Gasteiger partial charge < -0.3 is 0 Å². The quantitative estimate of drug-likeness (QED) is 0.710. The third-order valence-corrected chi connectivity index (χ3v) is 3.93. The molecule has 0 N–H and O–H groups in total. The molecule has 1 saturated heterocycles. The molecule has 0 bridgehead atoms. The normalized spacial score (nSPS) is 27.7. The van der Waals surface area contributed by atoms with Crippen molar-refractivity contribution >= 4 is 0 Å². The van der Waals surface area contributed by atoms with E-state index in [9.17, 15) is 5.26 Å². The molecule has 1 saturated carbocycles. The van der Waals surface area contributed by atoms with Crippen molar-refractivity contribution in [2.75, 3.05) is 13.1 Å². The lowest BCUT2D eigenvalue weighted by Crippen LogP contribution is -2.46. The van der Waals surface area contributed by atoms with E-state index in [2.05, 4.69) is 17.9 Å². The fraction of sp³-hybridized carbons (Fsp3) is 0.923. The lowest BCUT2D eigenvalue weighted by Gasteiger charge is -2.35. The second-order valence-electron chi connectivity index (χ2n) is 5.43. The van der Waals surface area contributed by atoms with E-state index < -0.39 is 0 Å². The third-order valence-electron chi connectivity index (χ3n) is 3.93. The van der Waals surface area contributed by atoms with Crippen molar-refractivity contribution < 1.29 is 0 Å². The third kappa shape index (κ3) is 2.72. The summed E-state index contributed by atoms with van der Waals surface area (Å²) in [4.78, 5) is 2.44. The van der Waals surface area contributed by atoms with Crippen LogP contribution >= 0.6 is 0 Å². The molecule has 2 rings (SSSR count). The number of hydrogen-bond acceptors (Lipinski definition) is 2. The number of nitriles is 1. The summed E-state index contributed by atoms with van der Waals surface area (Å²) in [5.41, 5.74) is -0.175. The van der Waals surface area contributed by atoms with E-state index >= 15 is 0 Å². The standard InChI is InChI=1S/C13H22N2/c1-13(11-14,10-12-6-7-12)15-8-4-2-3-5-9-15/h12H,2-10H2,1H3. The van der Waals surface area contributed by atoms with Crippen molar-refractivity contribution in [3.05, 3.63) is 0 Å². The Morgan fingerprint density at radius 2 is 1.80 bits per heavy atom. The largest absolute Gasteiger partial charge is 0.286 e. The SMILES string of the molecule is CC(C#N)(CC1CC1)N1CCCCCC1. The van der Waals surface area contributed by atoms with E-state index in [0.29, 0.717) is 0 Å². The molecule has 0 aromatic carbocycles. The molecule has 1 aliphatic heterocycles. The predicted molar refractivity (Wildman–Crippen MR) is 61.4 cm³/mol. The molecular formula is C13H22N2. The van der Waals surface area contributed by atoms with Gasteiger partial charge in [-0.1, -0.05) is 25.7 Å². The molecule has 0 aromatic rings. The molecule has 0 aromatic heterocycles. The zero-order valence-corrected chi connectivity index (χ0v) is 9.84. The zero-order chi connectivity index (χ0) is 10.7. The Balaban J connectivity index is 1.98. The Labute approximate surface area is 93.3 Å². The van der Waals surface area contributed by atoms with Crippen LogP contribution < -0.4 is 0 Å². The first-order valence-electron chi connectivity index (χ1n) is 6.41. The molecule has 0 radical (unpaired) electrons. The average Bonchev–Trinajstić information content (AvgIpc) is 3.02. The van der Waals surface area contributed by atoms with Crippen molar-refractivity contribution in [2.24, 2.45) is 5.92 Å². The molecule has 1 heterocycles. The van der Waals surface area contributed by atoms with Gasteiger partial charge in [0.05, 0.1) is 6.07 Å². The second-order valence-corrected chi connectivity index (χ2v) is 5.43.